The molecule has 0 saturated carbocycles. The topological polar surface area (TPSA) is 43.6 Å². The first-order chi connectivity index (χ1) is 9.25. The molecule has 0 radical (unpaired) electrons. The highest BCUT2D eigenvalue weighted by molar-refractivity contribution is 5.80. The Kier molecular flexibility index (Phi) is 2.79. The molecule has 0 fully saturated rings. The van der Waals surface area contributed by atoms with E-state index >= 15 is 0 Å². The monoisotopic (exact) mass is 254 g/mol. The van der Waals surface area contributed by atoms with Crippen molar-refractivity contribution in [2.24, 2.45) is 7.05 Å². The van der Waals surface area contributed by atoms with E-state index < -0.39 is 0 Å². The highest BCUT2D eigenvalue weighted by Crippen LogP contribution is 2.30. The van der Waals surface area contributed by atoms with Gasteiger partial charge in [0, 0.05) is 23.7 Å². The molecule has 4 nitrogen and oxygen atoms in total. The molecule has 0 saturated heterocycles. The number of hydrogen-bond donors (Lipinski definition) is 0. The van der Waals surface area contributed by atoms with Crippen LogP contribution in [0.5, 0.6) is 0 Å². The molecule has 0 aliphatic carbocycles. The molecule has 94 valence electrons. The second kappa shape index (κ2) is 4.61. The van der Waals surface area contributed by atoms with Crippen LogP contribution in [0, 0.1) is 5.82 Å². The molecule has 3 aromatic rings. The lowest BCUT2D eigenvalue weighted by atomic mass is 10.0. The van der Waals surface area contributed by atoms with Gasteiger partial charge in [-0.05, 0) is 30.3 Å². The number of aryl methyl sites for hydroxylation is 1. The summed E-state index contributed by atoms with van der Waals surface area (Å²) in [5.41, 5.74) is 3.72. The molecule has 2 heterocycles. The second-order valence-electron chi connectivity index (χ2n) is 4.17. The Morgan fingerprint density at radius 1 is 0.947 bits per heavy atom. The van der Waals surface area contributed by atoms with E-state index in [1.807, 2.05) is 13.1 Å². The molecule has 1 aromatic carbocycles. The number of benzene rings is 1. The third-order valence-electron chi connectivity index (χ3n) is 2.95. The zero-order valence-corrected chi connectivity index (χ0v) is 10.3. The predicted octanol–water partition coefficient (Wildman–Crippen LogP) is 2.68. The van der Waals surface area contributed by atoms with Crippen LogP contribution in [0.2, 0.25) is 0 Å². The fraction of sp³-hybridized carbons (Fsp3) is 0.0714. The van der Waals surface area contributed by atoms with Gasteiger partial charge in [-0.3, -0.25) is 4.68 Å². The van der Waals surface area contributed by atoms with Crippen molar-refractivity contribution in [1.29, 1.82) is 0 Å². The Bertz CT molecular complexity index is 689. The zero-order valence-electron chi connectivity index (χ0n) is 10.3. The molecule has 0 aliphatic rings. The van der Waals surface area contributed by atoms with Gasteiger partial charge < -0.3 is 0 Å². The van der Waals surface area contributed by atoms with E-state index in [9.17, 15) is 4.39 Å². The fourth-order valence-corrected chi connectivity index (χ4v) is 2.05. The number of halogens is 1. The Hall–Kier alpha value is -2.56. The maximum absolute atomic E-state index is 13.0. The Labute approximate surface area is 109 Å². The van der Waals surface area contributed by atoms with Gasteiger partial charge in [0.05, 0.1) is 24.3 Å². The third kappa shape index (κ3) is 2.10. The molecule has 0 aliphatic heterocycles. The molecule has 0 N–H and O–H groups in total. The van der Waals surface area contributed by atoms with E-state index in [0.717, 1.165) is 22.4 Å². The van der Waals surface area contributed by atoms with Crippen molar-refractivity contribution >= 4 is 0 Å². The molecule has 0 unspecified atom stereocenters. The fourth-order valence-electron chi connectivity index (χ4n) is 2.05. The summed E-state index contributed by atoms with van der Waals surface area (Å²) in [5, 5.41) is 11.9. The molecule has 0 atom stereocenters. The van der Waals surface area contributed by atoms with Crippen LogP contribution in [0.3, 0.4) is 0 Å². The standard InChI is InChI=1S/C14H11FN4/c1-19-14(10-2-4-12(15)5-3-10)13(9-18-19)11-6-7-16-17-8-11/h2-9H,1H3. The Morgan fingerprint density at radius 3 is 2.42 bits per heavy atom. The molecule has 5 heteroatoms. The third-order valence-corrected chi connectivity index (χ3v) is 2.95. The molecule has 3 rings (SSSR count). The molecule has 0 amide bonds. The number of hydrogen-bond acceptors (Lipinski definition) is 3. The molecule has 19 heavy (non-hydrogen) atoms. The van der Waals surface area contributed by atoms with E-state index in [2.05, 4.69) is 15.3 Å². The highest BCUT2D eigenvalue weighted by Gasteiger charge is 2.12. The van der Waals surface area contributed by atoms with Crippen LogP contribution in [0.15, 0.2) is 48.9 Å². The number of aromatic nitrogens is 4. The van der Waals surface area contributed by atoms with Gasteiger partial charge in [-0.2, -0.15) is 15.3 Å². The average molecular weight is 254 g/mol. The van der Waals surface area contributed by atoms with Gasteiger partial charge in [-0.1, -0.05) is 0 Å². The first kappa shape index (κ1) is 11.5. The van der Waals surface area contributed by atoms with Crippen LogP contribution in [-0.2, 0) is 7.05 Å². The van der Waals surface area contributed by atoms with Gasteiger partial charge in [0.15, 0.2) is 0 Å². The van der Waals surface area contributed by atoms with Crippen LogP contribution in [0.1, 0.15) is 0 Å². The van der Waals surface area contributed by atoms with Gasteiger partial charge >= 0.3 is 0 Å². The van der Waals surface area contributed by atoms with Crippen LogP contribution >= 0.6 is 0 Å². The summed E-state index contributed by atoms with van der Waals surface area (Å²) in [6.07, 6.45) is 5.09. The van der Waals surface area contributed by atoms with E-state index in [1.165, 1.54) is 12.1 Å². The molecule has 2 aromatic heterocycles. The van der Waals surface area contributed by atoms with Crippen molar-refractivity contribution < 1.29 is 4.39 Å². The first-order valence-corrected chi connectivity index (χ1v) is 5.81. The van der Waals surface area contributed by atoms with Crippen molar-refractivity contribution in [3.8, 4) is 22.4 Å². The smallest absolute Gasteiger partial charge is 0.123 e. The normalized spacial score (nSPS) is 10.6. The molecule has 0 bridgehead atoms. The summed E-state index contributed by atoms with van der Waals surface area (Å²) in [7, 11) is 1.86. The van der Waals surface area contributed by atoms with E-state index in [-0.39, 0.29) is 5.82 Å². The van der Waals surface area contributed by atoms with Gasteiger partial charge in [-0.15, -0.1) is 0 Å². The quantitative estimate of drug-likeness (QED) is 0.706. The lowest BCUT2D eigenvalue weighted by molar-refractivity contribution is 0.628. The summed E-state index contributed by atoms with van der Waals surface area (Å²) in [5.74, 6) is -0.252. The van der Waals surface area contributed by atoms with Gasteiger partial charge in [-0.25, -0.2) is 4.39 Å². The first-order valence-electron chi connectivity index (χ1n) is 5.81. The van der Waals surface area contributed by atoms with Crippen LogP contribution in [0.4, 0.5) is 4.39 Å². The zero-order chi connectivity index (χ0) is 13.2. The highest BCUT2D eigenvalue weighted by atomic mass is 19.1. The molecular weight excluding hydrogens is 243 g/mol. The summed E-state index contributed by atoms with van der Waals surface area (Å²) in [6, 6.07) is 8.24. The van der Waals surface area contributed by atoms with Gasteiger partial charge in [0.2, 0.25) is 0 Å². The summed E-state index contributed by atoms with van der Waals surface area (Å²) >= 11 is 0. The predicted molar refractivity (Wildman–Crippen MR) is 69.6 cm³/mol. The minimum Gasteiger partial charge on any atom is -0.267 e. The van der Waals surface area contributed by atoms with Crippen molar-refractivity contribution in [3.63, 3.8) is 0 Å². The number of rotatable bonds is 2. The van der Waals surface area contributed by atoms with E-state index in [1.54, 1.807) is 35.4 Å². The SMILES string of the molecule is Cn1ncc(-c2ccnnc2)c1-c1ccc(F)cc1. The minimum absolute atomic E-state index is 0.252. The maximum atomic E-state index is 13.0. The van der Waals surface area contributed by atoms with E-state index in [4.69, 9.17) is 0 Å². The molecular formula is C14H11FN4. The van der Waals surface area contributed by atoms with E-state index in [0.29, 0.717) is 0 Å². The molecule has 0 spiro atoms. The maximum Gasteiger partial charge on any atom is 0.123 e. The average Bonchev–Trinajstić information content (AvgIpc) is 2.83. The van der Waals surface area contributed by atoms with Gasteiger partial charge in [0.25, 0.3) is 0 Å². The summed E-state index contributed by atoms with van der Waals surface area (Å²) in [4.78, 5) is 0. The summed E-state index contributed by atoms with van der Waals surface area (Å²) < 4.78 is 14.8. The van der Waals surface area contributed by atoms with Crippen LogP contribution in [-0.4, -0.2) is 20.0 Å². The van der Waals surface area contributed by atoms with Crippen molar-refractivity contribution in [3.05, 3.63) is 54.7 Å². The van der Waals surface area contributed by atoms with Gasteiger partial charge in [0.1, 0.15) is 5.82 Å². The second-order valence-corrected chi connectivity index (χ2v) is 4.17. The lowest BCUT2D eigenvalue weighted by Crippen LogP contribution is -1.94. The van der Waals surface area contributed by atoms with Crippen molar-refractivity contribution in [2.75, 3.05) is 0 Å². The lowest BCUT2D eigenvalue weighted by Gasteiger charge is -2.06. The minimum atomic E-state index is -0.252. The van der Waals surface area contributed by atoms with Crippen LogP contribution < -0.4 is 0 Å². The van der Waals surface area contributed by atoms with Crippen molar-refractivity contribution in [2.45, 2.75) is 0 Å². The van der Waals surface area contributed by atoms with Crippen molar-refractivity contribution in [1.82, 2.24) is 20.0 Å². The summed E-state index contributed by atoms with van der Waals surface area (Å²) in [6.45, 7) is 0. The largest absolute Gasteiger partial charge is 0.267 e. The number of nitrogens with zero attached hydrogens (tertiary/aromatic N) is 4. The van der Waals surface area contributed by atoms with Crippen LogP contribution in [0.25, 0.3) is 22.4 Å². The Morgan fingerprint density at radius 2 is 1.74 bits per heavy atom. The Balaban J connectivity index is 2.17.